The van der Waals surface area contributed by atoms with Gasteiger partial charge in [0.25, 0.3) is 0 Å². The SMILES string of the molecule is N#Cc1ccc(-c2ccc(-c3ccccc3)cn2)cc1-c1ccccc1. The fraction of sp³-hybridized carbons (Fsp3) is 0. The summed E-state index contributed by atoms with van der Waals surface area (Å²) >= 11 is 0. The van der Waals surface area contributed by atoms with Crippen LogP contribution in [0.15, 0.2) is 97.2 Å². The van der Waals surface area contributed by atoms with Crippen LogP contribution < -0.4 is 0 Å². The van der Waals surface area contributed by atoms with Crippen LogP contribution in [-0.2, 0) is 0 Å². The molecule has 26 heavy (non-hydrogen) atoms. The van der Waals surface area contributed by atoms with E-state index in [0.717, 1.165) is 33.5 Å². The zero-order valence-electron chi connectivity index (χ0n) is 14.1. The smallest absolute Gasteiger partial charge is 0.0998 e. The van der Waals surface area contributed by atoms with E-state index in [0.29, 0.717) is 5.56 Å². The van der Waals surface area contributed by atoms with Crippen LogP contribution in [0.25, 0.3) is 33.5 Å². The van der Waals surface area contributed by atoms with Gasteiger partial charge in [0.15, 0.2) is 0 Å². The number of nitriles is 1. The molecule has 0 unspecified atom stereocenters. The van der Waals surface area contributed by atoms with Crippen LogP contribution in [0.1, 0.15) is 5.56 Å². The fourth-order valence-electron chi connectivity index (χ4n) is 3.02. The molecule has 0 aliphatic carbocycles. The molecule has 0 N–H and O–H groups in total. The zero-order valence-corrected chi connectivity index (χ0v) is 14.1. The number of rotatable bonds is 3. The van der Waals surface area contributed by atoms with Crippen LogP contribution in [0.4, 0.5) is 0 Å². The third kappa shape index (κ3) is 3.11. The molecule has 0 atom stereocenters. The minimum atomic E-state index is 0.667. The molecular weight excluding hydrogens is 316 g/mol. The fourth-order valence-corrected chi connectivity index (χ4v) is 3.02. The van der Waals surface area contributed by atoms with Gasteiger partial charge in [-0.25, -0.2) is 0 Å². The van der Waals surface area contributed by atoms with Crippen LogP contribution in [-0.4, -0.2) is 4.98 Å². The lowest BCUT2D eigenvalue weighted by molar-refractivity contribution is 1.32. The Balaban J connectivity index is 1.74. The van der Waals surface area contributed by atoms with Crippen molar-refractivity contribution in [3.8, 4) is 39.6 Å². The van der Waals surface area contributed by atoms with E-state index in [1.165, 1.54) is 0 Å². The minimum absolute atomic E-state index is 0.667. The predicted octanol–water partition coefficient (Wildman–Crippen LogP) is 5.95. The van der Waals surface area contributed by atoms with Crippen LogP contribution in [0.2, 0.25) is 0 Å². The molecule has 0 aliphatic heterocycles. The number of hydrogen-bond donors (Lipinski definition) is 0. The first-order valence-electron chi connectivity index (χ1n) is 8.46. The molecule has 1 heterocycles. The number of aromatic nitrogens is 1. The Kier molecular flexibility index (Phi) is 4.28. The minimum Gasteiger partial charge on any atom is -0.256 e. The molecule has 3 aromatic carbocycles. The Morgan fingerprint density at radius 2 is 1.27 bits per heavy atom. The van der Waals surface area contributed by atoms with E-state index in [4.69, 9.17) is 0 Å². The molecule has 4 aromatic rings. The Morgan fingerprint density at radius 3 is 1.88 bits per heavy atom. The maximum Gasteiger partial charge on any atom is 0.0998 e. The van der Waals surface area contributed by atoms with Gasteiger partial charge >= 0.3 is 0 Å². The van der Waals surface area contributed by atoms with Crippen molar-refractivity contribution in [1.29, 1.82) is 5.26 Å². The first-order chi connectivity index (χ1) is 12.8. The van der Waals surface area contributed by atoms with Crippen molar-refractivity contribution in [2.24, 2.45) is 0 Å². The van der Waals surface area contributed by atoms with E-state index in [9.17, 15) is 5.26 Å². The maximum atomic E-state index is 9.44. The first kappa shape index (κ1) is 15.8. The molecule has 0 aliphatic rings. The summed E-state index contributed by atoms with van der Waals surface area (Å²) in [5.74, 6) is 0. The highest BCUT2D eigenvalue weighted by atomic mass is 14.7. The van der Waals surface area contributed by atoms with Crippen molar-refractivity contribution in [3.05, 3.63) is 103 Å². The van der Waals surface area contributed by atoms with Crippen molar-refractivity contribution in [2.75, 3.05) is 0 Å². The summed E-state index contributed by atoms with van der Waals surface area (Å²) < 4.78 is 0. The third-order valence-corrected chi connectivity index (χ3v) is 4.39. The highest BCUT2D eigenvalue weighted by Gasteiger charge is 2.08. The highest BCUT2D eigenvalue weighted by molar-refractivity contribution is 5.77. The zero-order chi connectivity index (χ0) is 17.8. The lowest BCUT2D eigenvalue weighted by Crippen LogP contribution is -1.89. The van der Waals surface area contributed by atoms with Crippen molar-refractivity contribution in [2.45, 2.75) is 0 Å². The van der Waals surface area contributed by atoms with E-state index in [-0.39, 0.29) is 0 Å². The third-order valence-electron chi connectivity index (χ3n) is 4.39. The van der Waals surface area contributed by atoms with Gasteiger partial charge in [-0.1, -0.05) is 72.8 Å². The molecule has 0 saturated carbocycles. The summed E-state index contributed by atoms with van der Waals surface area (Å²) in [5.41, 5.74) is 6.77. The van der Waals surface area contributed by atoms with Gasteiger partial charge < -0.3 is 0 Å². The van der Waals surface area contributed by atoms with Gasteiger partial charge in [-0.2, -0.15) is 5.26 Å². The maximum absolute atomic E-state index is 9.44. The monoisotopic (exact) mass is 332 g/mol. The van der Waals surface area contributed by atoms with Crippen molar-refractivity contribution in [3.63, 3.8) is 0 Å². The normalized spacial score (nSPS) is 10.3. The highest BCUT2D eigenvalue weighted by Crippen LogP contribution is 2.29. The first-order valence-corrected chi connectivity index (χ1v) is 8.46. The Labute approximate surface area is 153 Å². The summed E-state index contributed by atoms with van der Waals surface area (Å²) in [5, 5.41) is 9.44. The van der Waals surface area contributed by atoms with Gasteiger partial charge in [0, 0.05) is 22.9 Å². The molecule has 0 radical (unpaired) electrons. The predicted molar refractivity (Wildman–Crippen MR) is 105 cm³/mol. The molecular formula is C24H16N2. The standard InChI is InChI=1S/C24H16N2/c25-16-21-12-11-20(15-23(21)19-9-5-2-6-10-19)24-14-13-22(17-26-24)18-7-3-1-4-8-18/h1-15,17H. The van der Waals surface area contributed by atoms with Gasteiger partial charge in [-0.15, -0.1) is 0 Å². The van der Waals surface area contributed by atoms with E-state index >= 15 is 0 Å². The van der Waals surface area contributed by atoms with Gasteiger partial charge in [0.2, 0.25) is 0 Å². The molecule has 2 heteroatoms. The van der Waals surface area contributed by atoms with Crippen LogP contribution in [0.5, 0.6) is 0 Å². The van der Waals surface area contributed by atoms with E-state index in [1.54, 1.807) is 0 Å². The second-order valence-electron chi connectivity index (χ2n) is 6.04. The topological polar surface area (TPSA) is 36.7 Å². The Morgan fingerprint density at radius 1 is 0.615 bits per heavy atom. The lowest BCUT2D eigenvalue weighted by Gasteiger charge is -2.08. The number of benzene rings is 3. The number of pyridine rings is 1. The van der Waals surface area contributed by atoms with Crippen molar-refractivity contribution >= 4 is 0 Å². The Hall–Kier alpha value is -3.70. The lowest BCUT2D eigenvalue weighted by atomic mass is 9.96. The summed E-state index contributed by atoms with van der Waals surface area (Å²) in [4.78, 5) is 4.63. The quantitative estimate of drug-likeness (QED) is 0.464. The number of hydrogen-bond acceptors (Lipinski definition) is 2. The van der Waals surface area contributed by atoms with Gasteiger partial charge in [0.1, 0.15) is 0 Å². The van der Waals surface area contributed by atoms with Crippen molar-refractivity contribution < 1.29 is 0 Å². The second-order valence-corrected chi connectivity index (χ2v) is 6.04. The van der Waals surface area contributed by atoms with E-state index < -0.39 is 0 Å². The molecule has 2 nitrogen and oxygen atoms in total. The van der Waals surface area contributed by atoms with Crippen LogP contribution in [0, 0.1) is 11.3 Å². The average molecular weight is 332 g/mol. The molecule has 0 saturated heterocycles. The molecule has 0 fully saturated rings. The summed E-state index contributed by atoms with van der Waals surface area (Å²) in [6, 6.07) is 32.4. The molecule has 1 aromatic heterocycles. The Bertz CT molecular complexity index is 1060. The summed E-state index contributed by atoms with van der Waals surface area (Å²) in [6.07, 6.45) is 1.89. The molecule has 4 rings (SSSR count). The largest absolute Gasteiger partial charge is 0.256 e. The van der Waals surface area contributed by atoms with Gasteiger partial charge in [0.05, 0.1) is 17.3 Å². The molecule has 0 spiro atoms. The average Bonchev–Trinajstić information content (AvgIpc) is 2.75. The molecule has 0 bridgehead atoms. The summed E-state index contributed by atoms with van der Waals surface area (Å²) in [7, 11) is 0. The van der Waals surface area contributed by atoms with Crippen molar-refractivity contribution in [1.82, 2.24) is 4.98 Å². The van der Waals surface area contributed by atoms with E-state index in [1.807, 2.05) is 79.0 Å². The van der Waals surface area contributed by atoms with E-state index in [2.05, 4.69) is 29.3 Å². The summed E-state index contributed by atoms with van der Waals surface area (Å²) in [6.45, 7) is 0. The second kappa shape index (κ2) is 7.04. The van der Waals surface area contributed by atoms with Gasteiger partial charge in [-0.3, -0.25) is 4.98 Å². The molecule has 122 valence electrons. The number of nitrogens with zero attached hydrogens (tertiary/aromatic N) is 2. The van der Waals surface area contributed by atoms with Crippen LogP contribution >= 0.6 is 0 Å². The molecule has 0 amide bonds. The van der Waals surface area contributed by atoms with Crippen LogP contribution in [0.3, 0.4) is 0 Å². The van der Waals surface area contributed by atoms with Gasteiger partial charge in [-0.05, 0) is 29.3 Å².